The molecular weight excluding hydrogens is 360 g/mol. The van der Waals surface area contributed by atoms with Gasteiger partial charge in [-0.3, -0.25) is 14.6 Å². The van der Waals surface area contributed by atoms with E-state index in [1.807, 2.05) is 34.6 Å². The number of carbonyl (C=O) groups is 3. The molecule has 1 aromatic heterocycles. The summed E-state index contributed by atoms with van der Waals surface area (Å²) < 4.78 is 5.37. The van der Waals surface area contributed by atoms with Crippen molar-refractivity contribution in [3.63, 3.8) is 0 Å². The standard InChI is InChI=1S/C20H30N4O4/c1-13(2)18(26)23(6)15-7-9-21-16(11-15)17(25)22-14-8-10-24(12-14)19(27)28-20(3,4)5/h7,9,11,13-14H,8,10,12H2,1-6H3,(H,22,25)/t14-/m1/s1. The Balaban J connectivity index is 1.98. The number of hydrogen-bond donors (Lipinski definition) is 1. The van der Waals surface area contributed by atoms with Gasteiger partial charge in [0.25, 0.3) is 5.91 Å². The van der Waals surface area contributed by atoms with Crippen LogP contribution in [0, 0.1) is 5.92 Å². The molecule has 1 atom stereocenters. The van der Waals surface area contributed by atoms with E-state index < -0.39 is 5.60 Å². The summed E-state index contributed by atoms with van der Waals surface area (Å²) in [4.78, 5) is 44.1. The zero-order valence-electron chi connectivity index (χ0n) is 17.5. The van der Waals surface area contributed by atoms with Crippen molar-refractivity contribution in [1.82, 2.24) is 15.2 Å². The Morgan fingerprint density at radius 2 is 2.00 bits per heavy atom. The fourth-order valence-electron chi connectivity index (χ4n) is 2.90. The van der Waals surface area contributed by atoms with Gasteiger partial charge in [0, 0.05) is 44.0 Å². The van der Waals surface area contributed by atoms with Crippen molar-refractivity contribution >= 4 is 23.6 Å². The number of carbonyl (C=O) groups excluding carboxylic acids is 3. The molecule has 2 rings (SSSR count). The van der Waals surface area contributed by atoms with Gasteiger partial charge in [0.15, 0.2) is 0 Å². The van der Waals surface area contributed by atoms with Crippen molar-refractivity contribution in [1.29, 1.82) is 0 Å². The third kappa shape index (κ3) is 5.68. The van der Waals surface area contributed by atoms with Crippen LogP contribution < -0.4 is 10.2 Å². The average molecular weight is 390 g/mol. The van der Waals surface area contributed by atoms with Gasteiger partial charge in [0.1, 0.15) is 11.3 Å². The number of ether oxygens (including phenoxy) is 1. The molecule has 154 valence electrons. The van der Waals surface area contributed by atoms with Gasteiger partial charge in [-0.25, -0.2) is 4.79 Å². The van der Waals surface area contributed by atoms with Crippen LogP contribution in [0.3, 0.4) is 0 Å². The van der Waals surface area contributed by atoms with Gasteiger partial charge < -0.3 is 19.9 Å². The van der Waals surface area contributed by atoms with Crippen LogP contribution in [0.5, 0.6) is 0 Å². The van der Waals surface area contributed by atoms with E-state index in [0.29, 0.717) is 25.2 Å². The molecule has 1 saturated heterocycles. The van der Waals surface area contributed by atoms with Crippen LogP contribution in [-0.2, 0) is 9.53 Å². The minimum Gasteiger partial charge on any atom is -0.444 e. The number of rotatable bonds is 4. The maximum atomic E-state index is 12.6. The van der Waals surface area contributed by atoms with Crippen LogP contribution in [0.4, 0.5) is 10.5 Å². The van der Waals surface area contributed by atoms with Crippen LogP contribution in [0.1, 0.15) is 51.5 Å². The Hall–Kier alpha value is -2.64. The average Bonchev–Trinajstić information content (AvgIpc) is 3.07. The third-order valence-corrected chi connectivity index (χ3v) is 4.36. The summed E-state index contributed by atoms with van der Waals surface area (Å²) >= 11 is 0. The van der Waals surface area contributed by atoms with Gasteiger partial charge in [0.2, 0.25) is 5.91 Å². The van der Waals surface area contributed by atoms with Crippen molar-refractivity contribution < 1.29 is 19.1 Å². The first-order valence-corrected chi connectivity index (χ1v) is 9.50. The van der Waals surface area contributed by atoms with Crippen molar-refractivity contribution in [3.05, 3.63) is 24.0 Å². The molecule has 0 aromatic carbocycles. The van der Waals surface area contributed by atoms with Crippen LogP contribution in [0.15, 0.2) is 18.3 Å². The van der Waals surface area contributed by atoms with Crippen LogP contribution in [0.2, 0.25) is 0 Å². The topological polar surface area (TPSA) is 91.8 Å². The van der Waals surface area contributed by atoms with E-state index in [4.69, 9.17) is 4.74 Å². The zero-order chi connectivity index (χ0) is 21.1. The molecule has 8 nitrogen and oxygen atoms in total. The first-order valence-electron chi connectivity index (χ1n) is 9.50. The maximum absolute atomic E-state index is 12.6. The molecule has 0 saturated carbocycles. The molecule has 1 N–H and O–H groups in total. The summed E-state index contributed by atoms with van der Waals surface area (Å²) in [5.74, 6) is -0.516. The van der Waals surface area contributed by atoms with Gasteiger partial charge in [-0.1, -0.05) is 13.8 Å². The molecule has 1 aromatic rings. The fourth-order valence-corrected chi connectivity index (χ4v) is 2.90. The zero-order valence-corrected chi connectivity index (χ0v) is 17.5. The first kappa shape index (κ1) is 21.7. The molecule has 2 heterocycles. The van der Waals surface area contributed by atoms with Crippen LogP contribution in [0.25, 0.3) is 0 Å². The Kier molecular flexibility index (Phi) is 6.64. The number of anilines is 1. The molecule has 0 radical (unpaired) electrons. The van der Waals surface area contributed by atoms with E-state index in [-0.39, 0.29) is 35.6 Å². The predicted molar refractivity (Wildman–Crippen MR) is 106 cm³/mol. The SMILES string of the molecule is CC(C)C(=O)N(C)c1ccnc(C(=O)N[C@@H]2CCN(C(=O)OC(C)(C)C)C2)c1. The number of nitrogens with zero attached hydrogens (tertiary/aromatic N) is 3. The summed E-state index contributed by atoms with van der Waals surface area (Å²) in [6.07, 6.45) is 1.78. The van der Waals surface area contributed by atoms with Crippen molar-refractivity contribution in [2.24, 2.45) is 5.92 Å². The lowest BCUT2D eigenvalue weighted by Crippen LogP contribution is -2.40. The lowest BCUT2D eigenvalue weighted by atomic mass is 10.2. The molecule has 1 fully saturated rings. The summed E-state index contributed by atoms with van der Waals surface area (Å²) in [6, 6.07) is 3.12. The number of likely N-dealkylation sites (tertiary alicyclic amines) is 1. The van der Waals surface area contributed by atoms with Crippen molar-refractivity contribution in [3.8, 4) is 0 Å². The van der Waals surface area contributed by atoms with Crippen molar-refractivity contribution in [2.75, 3.05) is 25.0 Å². The smallest absolute Gasteiger partial charge is 0.410 e. The summed E-state index contributed by atoms with van der Waals surface area (Å²) in [5, 5.41) is 2.91. The normalized spacial score (nSPS) is 16.8. The van der Waals surface area contributed by atoms with Gasteiger partial charge in [-0.05, 0) is 39.3 Å². The van der Waals surface area contributed by atoms with Gasteiger partial charge >= 0.3 is 6.09 Å². The summed E-state index contributed by atoms with van der Waals surface area (Å²) in [5.41, 5.74) is 0.291. The number of nitrogens with one attached hydrogen (secondary N) is 1. The first-order chi connectivity index (χ1) is 13.0. The molecule has 0 spiro atoms. The van der Waals surface area contributed by atoms with E-state index >= 15 is 0 Å². The lowest BCUT2D eigenvalue weighted by Gasteiger charge is -2.24. The maximum Gasteiger partial charge on any atom is 0.410 e. The van der Waals surface area contributed by atoms with E-state index in [1.54, 1.807) is 24.1 Å². The Morgan fingerprint density at radius 3 is 2.61 bits per heavy atom. The fraction of sp³-hybridized carbons (Fsp3) is 0.600. The third-order valence-electron chi connectivity index (χ3n) is 4.36. The van der Waals surface area contributed by atoms with Crippen molar-refractivity contribution in [2.45, 2.75) is 52.7 Å². The summed E-state index contributed by atoms with van der Waals surface area (Å²) in [7, 11) is 1.68. The van der Waals surface area contributed by atoms with E-state index in [1.165, 1.54) is 11.1 Å². The van der Waals surface area contributed by atoms with E-state index in [0.717, 1.165) is 0 Å². The second kappa shape index (κ2) is 8.58. The molecule has 0 aliphatic carbocycles. The molecule has 3 amide bonds. The number of aromatic nitrogens is 1. The quantitative estimate of drug-likeness (QED) is 0.853. The largest absolute Gasteiger partial charge is 0.444 e. The van der Waals surface area contributed by atoms with E-state index in [9.17, 15) is 14.4 Å². The number of hydrogen-bond acceptors (Lipinski definition) is 5. The molecule has 0 bridgehead atoms. The Labute approximate surface area is 166 Å². The van der Waals surface area contributed by atoms with Crippen LogP contribution in [-0.4, -0.2) is 59.6 Å². The molecule has 8 heteroatoms. The van der Waals surface area contributed by atoms with E-state index in [2.05, 4.69) is 10.3 Å². The highest BCUT2D eigenvalue weighted by Crippen LogP contribution is 2.18. The highest BCUT2D eigenvalue weighted by molar-refractivity contribution is 5.97. The number of pyridine rings is 1. The minimum atomic E-state index is -0.553. The highest BCUT2D eigenvalue weighted by atomic mass is 16.6. The number of amides is 3. The lowest BCUT2D eigenvalue weighted by molar-refractivity contribution is -0.121. The van der Waals surface area contributed by atoms with Gasteiger partial charge in [0.05, 0.1) is 0 Å². The Bertz CT molecular complexity index is 742. The minimum absolute atomic E-state index is 0.0404. The second-order valence-electron chi connectivity index (χ2n) is 8.34. The summed E-state index contributed by atoms with van der Waals surface area (Å²) in [6.45, 7) is 10.0. The monoisotopic (exact) mass is 390 g/mol. The van der Waals surface area contributed by atoms with Gasteiger partial charge in [-0.15, -0.1) is 0 Å². The molecule has 1 aliphatic rings. The van der Waals surface area contributed by atoms with Gasteiger partial charge in [-0.2, -0.15) is 0 Å². The molecule has 1 aliphatic heterocycles. The Morgan fingerprint density at radius 1 is 1.32 bits per heavy atom. The molecular formula is C20H30N4O4. The molecule has 0 unspecified atom stereocenters. The highest BCUT2D eigenvalue weighted by Gasteiger charge is 2.31. The predicted octanol–water partition coefficient (Wildman–Crippen LogP) is 2.44. The molecule has 28 heavy (non-hydrogen) atoms. The second-order valence-corrected chi connectivity index (χ2v) is 8.34. The van der Waals surface area contributed by atoms with Crippen LogP contribution >= 0.6 is 0 Å².